The number of imidazole rings is 1. The highest BCUT2D eigenvalue weighted by Gasteiger charge is 2.10. The molecule has 2 aliphatic rings. The van der Waals surface area contributed by atoms with Crippen molar-refractivity contribution in [2.45, 2.75) is 0 Å². The summed E-state index contributed by atoms with van der Waals surface area (Å²) in [6.45, 7) is 0. The summed E-state index contributed by atoms with van der Waals surface area (Å²) in [5.74, 6) is 0.623. The molecule has 0 aromatic heterocycles. The van der Waals surface area contributed by atoms with E-state index in [1.54, 1.807) is 20.3 Å². The van der Waals surface area contributed by atoms with Crippen LogP contribution in [0.4, 0.5) is 0 Å². The second-order valence-electron chi connectivity index (χ2n) is 2.66. The monoisotopic (exact) mass is 164 g/mol. The van der Waals surface area contributed by atoms with Crippen molar-refractivity contribution in [3.8, 4) is 11.5 Å². The van der Waals surface area contributed by atoms with Crippen molar-refractivity contribution < 1.29 is 0 Å². The van der Waals surface area contributed by atoms with E-state index >= 15 is 0 Å². The Bertz CT molecular complexity index is 441. The van der Waals surface area contributed by atoms with Crippen molar-refractivity contribution in [1.82, 2.24) is 19.1 Å². The third-order valence-corrected chi connectivity index (χ3v) is 1.83. The van der Waals surface area contributed by atoms with E-state index in [2.05, 4.69) is 9.97 Å². The van der Waals surface area contributed by atoms with Gasteiger partial charge in [0.15, 0.2) is 5.82 Å². The van der Waals surface area contributed by atoms with E-state index in [-0.39, 0.29) is 5.69 Å². The molecule has 0 amide bonds. The number of nitrogens with zero attached hydrogens (tertiary/aromatic N) is 4. The number of aryl methyl sites for hydroxylation is 1. The number of fused-ring (bicyclic) bond motifs is 1. The maximum Gasteiger partial charge on any atom is 0.329 e. The van der Waals surface area contributed by atoms with Crippen LogP contribution in [0.25, 0.3) is 11.5 Å². The summed E-state index contributed by atoms with van der Waals surface area (Å²) in [6, 6.07) is 0. The second-order valence-corrected chi connectivity index (χ2v) is 2.66. The molecule has 0 aromatic carbocycles. The highest BCUT2D eigenvalue weighted by molar-refractivity contribution is 5.48. The Labute approximate surface area is 68.6 Å². The molecule has 0 bridgehead atoms. The van der Waals surface area contributed by atoms with Gasteiger partial charge in [-0.1, -0.05) is 0 Å². The SMILES string of the molecule is Cn1cc2ncnc-2n(C)c1=O. The topological polar surface area (TPSA) is 52.7 Å². The molecule has 0 fully saturated rings. The minimum absolute atomic E-state index is 0.0944. The van der Waals surface area contributed by atoms with Crippen molar-refractivity contribution >= 4 is 0 Å². The molecule has 0 atom stereocenters. The largest absolute Gasteiger partial charge is 0.329 e. The average Bonchev–Trinajstić information content (AvgIpc) is 2.48. The Hall–Kier alpha value is -1.65. The second kappa shape index (κ2) is 2.17. The van der Waals surface area contributed by atoms with Gasteiger partial charge in [-0.2, -0.15) is 0 Å². The Balaban J connectivity index is 2.95. The highest BCUT2D eigenvalue weighted by Crippen LogP contribution is 2.10. The Kier molecular flexibility index (Phi) is 1.27. The number of rotatable bonds is 0. The normalized spacial score (nSPS) is 10.8. The molecule has 0 aromatic rings. The summed E-state index contributed by atoms with van der Waals surface area (Å²) in [5.41, 5.74) is 0.641. The van der Waals surface area contributed by atoms with Crippen LogP contribution in [-0.4, -0.2) is 19.1 Å². The Morgan fingerprint density at radius 3 is 2.83 bits per heavy atom. The van der Waals surface area contributed by atoms with Crippen molar-refractivity contribution in [3.05, 3.63) is 23.0 Å². The summed E-state index contributed by atoms with van der Waals surface area (Å²) in [6.07, 6.45) is 3.12. The molecule has 0 N–H and O–H groups in total. The van der Waals surface area contributed by atoms with Crippen LogP contribution >= 0.6 is 0 Å². The van der Waals surface area contributed by atoms with Gasteiger partial charge >= 0.3 is 5.69 Å². The van der Waals surface area contributed by atoms with E-state index in [9.17, 15) is 4.79 Å². The van der Waals surface area contributed by atoms with Crippen LogP contribution in [0.1, 0.15) is 0 Å². The van der Waals surface area contributed by atoms with Crippen molar-refractivity contribution in [3.63, 3.8) is 0 Å². The Morgan fingerprint density at radius 2 is 2.08 bits per heavy atom. The van der Waals surface area contributed by atoms with E-state index in [1.165, 1.54) is 15.5 Å². The van der Waals surface area contributed by atoms with E-state index in [4.69, 9.17) is 0 Å². The molecule has 2 heterocycles. The first kappa shape index (κ1) is 7.02. The summed E-state index contributed by atoms with van der Waals surface area (Å²) in [4.78, 5) is 19.3. The molecule has 62 valence electrons. The zero-order chi connectivity index (χ0) is 8.72. The molecule has 5 nitrogen and oxygen atoms in total. The molecule has 2 rings (SSSR count). The molecule has 5 heteroatoms. The Morgan fingerprint density at radius 1 is 1.33 bits per heavy atom. The van der Waals surface area contributed by atoms with E-state index < -0.39 is 0 Å². The number of hydrogen-bond acceptors (Lipinski definition) is 3. The van der Waals surface area contributed by atoms with Gasteiger partial charge in [-0.3, -0.25) is 4.57 Å². The third-order valence-electron chi connectivity index (χ3n) is 1.83. The van der Waals surface area contributed by atoms with Gasteiger partial charge < -0.3 is 4.57 Å². The minimum atomic E-state index is -0.0944. The van der Waals surface area contributed by atoms with Gasteiger partial charge in [-0.15, -0.1) is 0 Å². The third kappa shape index (κ3) is 0.761. The zero-order valence-corrected chi connectivity index (χ0v) is 6.85. The molecule has 0 saturated heterocycles. The number of aromatic nitrogens is 4. The van der Waals surface area contributed by atoms with Crippen LogP contribution in [0.3, 0.4) is 0 Å². The van der Waals surface area contributed by atoms with Crippen molar-refractivity contribution in [2.24, 2.45) is 14.1 Å². The van der Waals surface area contributed by atoms with Crippen LogP contribution in [0.2, 0.25) is 0 Å². The van der Waals surface area contributed by atoms with Gasteiger partial charge in [0, 0.05) is 20.3 Å². The maximum atomic E-state index is 11.3. The zero-order valence-electron chi connectivity index (χ0n) is 6.85. The van der Waals surface area contributed by atoms with Crippen LogP contribution in [-0.2, 0) is 14.1 Å². The van der Waals surface area contributed by atoms with Crippen LogP contribution in [0, 0.1) is 0 Å². The lowest BCUT2D eigenvalue weighted by atomic mass is 10.4. The first-order valence-corrected chi connectivity index (χ1v) is 3.53. The summed E-state index contributed by atoms with van der Waals surface area (Å²) in [7, 11) is 3.37. The van der Waals surface area contributed by atoms with Crippen molar-refractivity contribution in [2.75, 3.05) is 0 Å². The summed E-state index contributed by atoms with van der Waals surface area (Å²) >= 11 is 0. The fourth-order valence-electron chi connectivity index (χ4n) is 1.18. The van der Waals surface area contributed by atoms with Gasteiger partial charge in [0.05, 0.1) is 0 Å². The molecular weight excluding hydrogens is 156 g/mol. The molecule has 0 aliphatic carbocycles. The first-order chi connectivity index (χ1) is 5.70. The van der Waals surface area contributed by atoms with Gasteiger partial charge in [-0.25, -0.2) is 14.8 Å². The van der Waals surface area contributed by atoms with Crippen molar-refractivity contribution in [1.29, 1.82) is 0 Å². The van der Waals surface area contributed by atoms with E-state index in [0.717, 1.165) is 5.69 Å². The summed E-state index contributed by atoms with van der Waals surface area (Å²) < 4.78 is 2.96. The molecule has 0 radical (unpaired) electrons. The quantitative estimate of drug-likeness (QED) is 0.533. The number of hydrogen-bond donors (Lipinski definition) is 0. The smallest absolute Gasteiger partial charge is 0.301 e. The van der Waals surface area contributed by atoms with Gasteiger partial charge in [-0.05, 0) is 0 Å². The van der Waals surface area contributed by atoms with Gasteiger partial charge in [0.2, 0.25) is 0 Å². The average molecular weight is 164 g/mol. The molecule has 12 heavy (non-hydrogen) atoms. The molecule has 0 spiro atoms. The minimum Gasteiger partial charge on any atom is -0.301 e. The lowest BCUT2D eigenvalue weighted by Crippen LogP contribution is -2.28. The predicted molar refractivity (Wildman–Crippen MR) is 42.9 cm³/mol. The summed E-state index contributed by atoms with van der Waals surface area (Å²) in [5, 5.41) is 0. The highest BCUT2D eigenvalue weighted by atomic mass is 16.1. The fraction of sp³-hybridized carbons (Fsp3) is 0.286. The predicted octanol–water partition coefficient (Wildman–Crippen LogP) is -0.381. The fourth-order valence-corrected chi connectivity index (χ4v) is 1.18. The first-order valence-electron chi connectivity index (χ1n) is 3.53. The molecule has 2 aliphatic heterocycles. The maximum absolute atomic E-state index is 11.3. The standard InChI is InChI=1S/C7H8N4O/c1-10-3-5-6(9-4-8-5)11(2)7(10)12/h3-4H,1-2H3. The molecule has 0 unspecified atom stereocenters. The van der Waals surface area contributed by atoms with Crippen LogP contribution in [0.15, 0.2) is 17.3 Å². The van der Waals surface area contributed by atoms with Crippen LogP contribution < -0.4 is 5.69 Å². The van der Waals surface area contributed by atoms with Gasteiger partial charge in [0.25, 0.3) is 0 Å². The van der Waals surface area contributed by atoms with Crippen LogP contribution in [0.5, 0.6) is 0 Å². The van der Waals surface area contributed by atoms with E-state index in [0.29, 0.717) is 5.82 Å². The lowest BCUT2D eigenvalue weighted by molar-refractivity contribution is 0.702. The molecular formula is C7H8N4O. The van der Waals surface area contributed by atoms with Gasteiger partial charge in [0.1, 0.15) is 12.0 Å². The molecule has 0 saturated carbocycles. The van der Waals surface area contributed by atoms with E-state index in [1.807, 2.05) is 0 Å². The lowest BCUT2D eigenvalue weighted by Gasteiger charge is -2.05.